The highest BCUT2D eigenvalue weighted by Crippen LogP contribution is 2.33. The molecule has 0 saturated heterocycles. The van der Waals surface area contributed by atoms with E-state index in [-0.39, 0.29) is 5.69 Å². The summed E-state index contributed by atoms with van der Waals surface area (Å²) in [6, 6.07) is 22.6. The first-order valence-corrected chi connectivity index (χ1v) is 8.90. The van der Waals surface area contributed by atoms with Gasteiger partial charge in [-0.3, -0.25) is 10.1 Å². The number of benzene rings is 2. The number of hydrogen-bond acceptors (Lipinski definition) is 4. The van der Waals surface area contributed by atoms with E-state index < -0.39 is 4.92 Å². The monoisotopic (exact) mass is 361 g/mol. The van der Waals surface area contributed by atoms with Gasteiger partial charge in [0.25, 0.3) is 5.69 Å². The van der Waals surface area contributed by atoms with E-state index in [9.17, 15) is 10.1 Å². The van der Waals surface area contributed by atoms with Crippen molar-refractivity contribution in [1.82, 2.24) is 9.78 Å². The Morgan fingerprint density at radius 2 is 1.73 bits per heavy atom. The van der Waals surface area contributed by atoms with Crippen molar-refractivity contribution in [3.8, 4) is 27.5 Å². The first-order valence-electron chi connectivity index (χ1n) is 8.09. The molecule has 0 radical (unpaired) electrons. The Morgan fingerprint density at radius 3 is 2.35 bits per heavy atom. The van der Waals surface area contributed by atoms with Gasteiger partial charge in [-0.2, -0.15) is 5.10 Å². The minimum Gasteiger partial charge on any atom is -0.258 e. The Morgan fingerprint density at radius 1 is 1.00 bits per heavy atom. The number of hydrogen-bond donors (Lipinski definition) is 0. The van der Waals surface area contributed by atoms with E-state index in [1.165, 1.54) is 17.0 Å². The first kappa shape index (κ1) is 16.2. The fourth-order valence-electron chi connectivity index (χ4n) is 2.79. The smallest absolute Gasteiger partial charge is 0.258 e. The third kappa shape index (κ3) is 3.02. The molecule has 0 aliphatic heterocycles. The summed E-state index contributed by atoms with van der Waals surface area (Å²) in [7, 11) is 0. The Labute approximate surface area is 154 Å². The molecule has 5 nitrogen and oxygen atoms in total. The van der Waals surface area contributed by atoms with Gasteiger partial charge in [-0.05, 0) is 49.4 Å². The highest BCUT2D eigenvalue weighted by Gasteiger charge is 2.15. The van der Waals surface area contributed by atoms with Crippen LogP contribution in [0.2, 0.25) is 0 Å². The molecule has 0 bridgehead atoms. The van der Waals surface area contributed by atoms with Gasteiger partial charge in [-0.15, -0.1) is 11.3 Å². The molecule has 0 fully saturated rings. The average Bonchev–Trinajstić information content (AvgIpc) is 3.29. The molecule has 2 heterocycles. The molecule has 0 N–H and O–H groups in total. The third-order valence-corrected chi connectivity index (χ3v) is 5.10. The summed E-state index contributed by atoms with van der Waals surface area (Å²) in [5, 5.41) is 15.6. The van der Waals surface area contributed by atoms with Crippen molar-refractivity contribution < 1.29 is 4.92 Å². The Hall–Kier alpha value is -3.25. The summed E-state index contributed by atoms with van der Waals surface area (Å²) in [5.41, 5.74) is 3.68. The van der Waals surface area contributed by atoms with Gasteiger partial charge in [0.15, 0.2) is 0 Å². The lowest BCUT2D eigenvalue weighted by molar-refractivity contribution is -0.384. The SMILES string of the molecule is Cc1ccc(-c2cc(-c3ccc([N+](=O)[O-])cc3)nn2-c2ccccc2)s1. The topological polar surface area (TPSA) is 61.0 Å². The van der Waals surface area contributed by atoms with Crippen LogP contribution in [0.15, 0.2) is 72.8 Å². The van der Waals surface area contributed by atoms with E-state index in [0.717, 1.165) is 27.5 Å². The van der Waals surface area contributed by atoms with Crippen LogP contribution in [0.5, 0.6) is 0 Å². The van der Waals surface area contributed by atoms with Crippen LogP contribution in [0.4, 0.5) is 5.69 Å². The highest BCUT2D eigenvalue weighted by molar-refractivity contribution is 7.15. The van der Waals surface area contributed by atoms with Crippen LogP contribution in [-0.2, 0) is 0 Å². The minimum absolute atomic E-state index is 0.0744. The zero-order chi connectivity index (χ0) is 18.1. The van der Waals surface area contributed by atoms with Gasteiger partial charge in [0.05, 0.1) is 26.9 Å². The van der Waals surface area contributed by atoms with E-state index in [2.05, 4.69) is 19.1 Å². The van der Waals surface area contributed by atoms with E-state index in [4.69, 9.17) is 5.10 Å². The molecule has 6 heteroatoms. The van der Waals surface area contributed by atoms with Gasteiger partial charge >= 0.3 is 0 Å². The molecule has 0 saturated carbocycles. The molecule has 128 valence electrons. The molecule has 2 aromatic heterocycles. The number of nitro groups is 1. The molecule has 4 aromatic rings. The van der Waals surface area contributed by atoms with Crippen LogP contribution >= 0.6 is 11.3 Å². The number of aryl methyl sites for hydroxylation is 1. The fourth-order valence-corrected chi connectivity index (χ4v) is 3.66. The molecule has 4 rings (SSSR count). The largest absolute Gasteiger partial charge is 0.269 e. The zero-order valence-corrected chi connectivity index (χ0v) is 14.8. The van der Waals surface area contributed by atoms with Crippen molar-refractivity contribution in [2.24, 2.45) is 0 Å². The third-order valence-electron chi connectivity index (χ3n) is 4.08. The lowest BCUT2D eigenvalue weighted by Crippen LogP contribution is -1.98. The molecule has 2 aromatic carbocycles. The van der Waals surface area contributed by atoms with E-state index >= 15 is 0 Å². The van der Waals surface area contributed by atoms with Gasteiger partial charge in [0.1, 0.15) is 0 Å². The number of aromatic nitrogens is 2. The van der Waals surface area contributed by atoms with Gasteiger partial charge in [-0.25, -0.2) is 4.68 Å². The highest BCUT2D eigenvalue weighted by atomic mass is 32.1. The van der Waals surface area contributed by atoms with Crippen LogP contribution in [0.3, 0.4) is 0 Å². The second-order valence-corrected chi connectivity index (χ2v) is 7.16. The molecule has 0 spiro atoms. The Bertz CT molecular complexity index is 1070. The number of nitro benzene ring substituents is 1. The predicted molar refractivity (Wildman–Crippen MR) is 104 cm³/mol. The lowest BCUT2D eigenvalue weighted by Gasteiger charge is -2.05. The van der Waals surface area contributed by atoms with Crippen molar-refractivity contribution in [3.05, 3.63) is 87.8 Å². The number of thiophene rings is 1. The van der Waals surface area contributed by atoms with E-state index in [0.29, 0.717) is 0 Å². The summed E-state index contributed by atoms with van der Waals surface area (Å²) in [5.74, 6) is 0. The molecule has 26 heavy (non-hydrogen) atoms. The normalized spacial score (nSPS) is 10.8. The summed E-state index contributed by atoms with van der Waals surface area (Å²) < 4.78 is 1.92. The van der Waals surface area contributed by atoms with Crippen molar-refractivity contribution in [1.29, 1.82) is 0 Å². The predicted octanol–water partition coefficient (Wildman–Crippen LogP) is 5.48. The van der Waals surface area contributed by atoms with Gasteiger partial charge in [0.2, 0.25) is 0 Å². The molecule has 0 atom stereocenters. The quantitative estimate of drug-likeness (QED) is 0.357. The van der Waals surface area contributed by atoms with E-state index in [1.54, 1.807) is 23.5 Å². The number of non-ortho nitro benzene ring substituents is 1. The van der Waals surface area contributed by atoms with Crippen molar-refractivity contribution in [2.75, 3.05) is 0 Å². The maximum absolute atomic E-state index is 10.9. The summed E-state index contributed by atoms with van der Waals surface area (Å²) in [6.45, 7) is 2.08. The van der Waals surface area contributed by atoms with Gasteiger partial charge in [-0.1, -0.05) is 18.2 Å². The summed E-state index contributed by atoms with van der Waals surface area (Å²) in [4.78, 5) is 12.8. The minimum atomic E-state index is -0.397. The molecule has 0 amide bonds. The first-order chi connectivity index (χ1) is 12.6. The fraction of sp³-hybridized carbons (Fsp3) is 0.0500. The zero-order valence-electron chi connectivity index (χ0n) is 14.0. The van der Waals surface area contributed by atoms with Crippen molar-refractivity contribution in [3.63, 3.8) is 0 Å². The van der Waals surface area contributed by atoms with Crippen LogP contribution in [0.25, 0.3) is 27.5 Å². The van der Waals surface area contributed by atoms with Crippen LogP contribution < -0.4 is 0 Å². The second kappa shape index (κ2) is 6.57. The number of nitrogens with zero attached hydrogens (tertiary/aromatic N) is 3. The van der Waals surface area contributed by atoms with Crippen LogP contribution in [0.1, 0.15) is 4.88 Å². The number of para-hydroxylation sites is 1. The van der Waals surface area contributed by atoms with E-state index in [1.807, 2.05) is 41.1 Å². The second-order valence-electron chi connectivity index (χ2n) is 5.88. The molecule has 0 aliphatic rings. The maximum Gasteiger partial charge on any atom is 0.269 e. The average molecular weight is 361 g/mol. The van der Waals surface area contributed by atoms with Crippen LogP contribution in [-0.4, -0.2) is 14.7 Å². The van der Waals surface area contributed by atoms with Crippen molar-refractivity contribution in [2.45, 2.75) is 6.92 Å². The maximum atomic E-state index is 10.9. The van der Waals surface area contributed by atoms with Crippen molar-refractivity contribution >= 4 is 17.0 Å². The number of rotatable bonds is 4. The van der Waals surface area contributed by atoms with Gasteiger partial charge < -0.3 is 0 Å². The molecular formula is C20H15N3O2S. The van der Waals surface area contributed by atoms with Crippen LogP contribution in [0, 0.1) is 17.0 Å². The lowest BCUT2D eigenvalue weighted by atomic mass is 10.1. The molecular weight excluding hydrogens is 346 g/mol. The molecule has 0 aliphatic carbocycles. The van der Waals surface area contributed by atoms with Gasteiger partial charge in [0, 0.05) is 22.6 Å². The summed E-state index contributed by atoms with van der Waals surface area (Å²) >= 11 is 1.71. The Kier molecular flexibility index (Phi) is 4.10. The standard InChI is InChI=1S/C20H15N3O2S/c1-14-7-12-20(26-14)19-13-18(15-8-10-17(11-9-15)23(24)25)21-22(19)16-5-3-2-4-6-16/h2-13H,1H3. The summed E-state index contributed by atoms with van der Waals surface area (Å²) in [6.07, 6.45) is 0. The molecule has 0 unspecified atom stereocenters. The Balaban J connectivity index is 1.84.